The maximum atomic E-state index is 13.3. The van der Waals surface area contributed by atoms with E-state index in [2.05, 4.69) is 20.9 Å². The highest BCUT2D eigenvalue weighted by molar-refractivity contribution is 9.08. The number of halogens is 4. The summed E-state index contributed by atoms with van der Waals surface area (Å²) in [5.41, 5.74) is -0.641. The van der Waals surface area contributed by atoms with Gasteiger partial charge in [-0.3, -0.25) is 4.98 Å². The molecule has 1 aromatic heterocycles. The van der Waals surface area contributed by atoms with Gasteiger partial charge in [0.1, 0.15) is 5.69 Å². The van der Waals surface area contributed by atoms with E-state index in [1.165, 1.54) is 0 Å². The Labute approximate surface area is 86.9 Å². The maximum absolute atomic E-state index is 13.3. The summed E-state index contributed by atoms with van der Waals surface area (Å²) in [5, 5.41) is 8.85. The lowest BCUT2D eigenvalue weighted by Crippen LogP contribution is -2.04. The zero-order valence-electron chi connectivity index (χ0n) is 6.98. The summed E-state index contributed by atoms with van der Waals surface area (Å²) >= 11 is 2.96. The summed E-state index contributed by atoms with van der Waals surface area (Å²) < 4.78 is 37.7. The van der Waals surface area contributed by atoms with Gasteiger partial charge in [-0.05, 0) is 0 Å². The summed E-state index contributed by atoms with van der Waals surface area (Å²) in [7, 11) is 0. The zero-order chi connectivity index (χ0) is 10.7. The van der Waals surface area contributed by atoms with E-state index in [0.717, 1.165) is 6.20 Å². The van der Waals surface area contributed by atoms with Crippen LogP contribution in [-0.4, -0.2) is 10.1 Å². The molecule has 0 aromatic carbocycles. The van der Waals surface area contributed by atoms with E-state index >= 15 is 0 Å². The lowest BCUT2D eigenvalue weighted by Gasteiger charge is -2.08. The number of hydrogen-bond donors (Lipinski definition) is 1. The fourth-order valence-corrected chi connectivity index (χ4v) is 1.62. The molecule has 0 aliphatic rings. The van der Waals surface area contributed by atoms with Gasteiger partial charge in [0.15, 0.2) is 5.82 Å². The highest BCUT2D eigenvalue weighted by Crippen LogP contribution is 2.25. The third-order valence-electron chi connectivity index (χ3n) is 1.75. The lowest BCUT2D eigenvalue weighted by molar-refractivity contribution is 0.140. The number of aromatic nitrogens is 1. The topological polar surface area (TPSA) is 33.1 Å². The predicted octanol–water partition coefficient (Wildman–Crippen LogP) is 2.55. The molecule has 1 heterocycles. The first-order valence-electron chi connectivity index (χ1n) is 3.73. The van der Waals surface area contributed by atoms with Crippen LogP contribution in [0.5, 0.6) is 0 Å². The highest BCUT2D eigenvalue weighted by Gasteiger charge is 2.19. The van der Waals surface area contributed by atoms with E-state index in [9.17, 15) is 13.2 Å². The number of nitrogens with zero attached hydrogens (tertiary/aromatic N) is 1. The molecule has 0 unspecified atom stereocenters. The fourth-order valence-electron chi connectivity index (χ4n) is 1.01. The third kappa shape index (κ3) is 2.06. The van der Waals surface area contributed by atoms with E-state index < -0.39 is 24.5 Å². The highest BCUT2D eigenvalue weighted by atomic mass is 79.9. The minimum Gasteiger partial charge on any atom is -0.392 e. The van der Waals surface area contributed by atoms with Crippen molar-refractivity contribution >= 4 is 15.9 Å². The lowest BCUT2D eigenvalue weighted by atomic mass is 10.1. The molecule has 1 aromatic rings. The van der Waals surface area contributed by atoms with E-state index in [1.807, 2.05) is 0 Å². The number of aliphatic hydroxyl groups is 1. The van der Waals surface area contributed by atoms with Gasteiger partial charge >= 0.3 is 0 Å². The number of aliphatic hydroxyl groups excluding tert-OH is 1. The molecule has 0 bridgehead atoms. The quantitative estimate of drug-likeness (QED) is 0.856. The van der Waals surface area contributed by atoms with Gasteiger partial charge in [0.2, 0.25) is 0 Å². The summed E-state index contributed by atoms with van der Waals surface area (Å²) in [6.07, 6.45) is -1.89. The average Bonchev–Trinajstić information content (AvgIpc) is 2.16. The second kappa shape index (κ2) is 4.75. The molecule has 14 heavy (non-hydrogen) atoms. The first-order chi connectivity index (χ1) is 6.61. The van der Waals surface area contributed by atoms with Crippen LogP contribution in [0.3, 0.4) is 0 Å². The number of rotatable bonds is 3. The Morgan fingerprint density at radius 1 is 1.50 bits per heavy atom. The Balaban J connectivity index is 3.27. The molecular formula is C8H7BrF3NO. The SMILES string of the molecule is OCc1cnc(C(F)F)c(F)c1CBr. The van der Waals surface area contributed by atoms with Crippen molar-refractivity contribution in [3.63, 3.8) is 0 Å². The van der Waals surface area contributed by atoms with Crippen molar-refractivity contribution in [2.24, 2.45) is 0 Å². The van der Waals surface area contributed by atoms with E-state index in [0.29, 0.717) is 0 Å². The van der Waals surface area contributed by atoms with Crippen molar-refractivity contribution in [1.82, 2.24) is 4.98 Å². The Morgan fingerprint density at radius 2 is 2.14 bits per heavy atom. The first-order valence-corrected chi connectivity index (χ1v) is 4.85. The van der Waals surface area contributed by atoms with Gasteiger partial charge in [-0.15, -0.1) is 0 Å². The molecule has 6 heteroatoms. The molecule has 1 rings (SSSR count). The molecule has 0 radical (unpaired) electrons. The molecule has 2 nitrogen and oxygen atoms in total. The van der Waals surface area contributed by atoms with Gasteiger partial charge in [0.25, 0.3) is 6.43 Å². The predicted molar refractivity (Wildman–Crippen MR) is 47.7 cm³/mol. The molecule has 0 spiro atoms. The molecule has 0 saturated carbocycles. The monoisotopic (exact) mass is 269 g/mol. The number of pyridine rings is 1. The van der Waals surface area contributed by atoms with Crippen molar-refractivity contribution in [2.75, 3.05) is 0 Å². The second-order valence-corrected chi connectivity index (χ2v) is 3.11. The smallest absolute Gasteiger partial charge is 0.283 e. The molecule has 1 N–H and O–H groups in total. The van der Waals surface area contributed by atoms with E-state index in [4.69, 9.17) is 5.11 Å². The average molecular weight is 270 g/mol. The zero-order valence-corrected chi connectivity index (χ0v) is 8.56. The van der Waals surface area contributed by atoms with Gasteiger partial charge in [-0.2, -0.15) is 0 Å². The number of alkyl halides is 3. The summed E-state index contributed by atoms with van der Waals surface area (Å²) in [4.78, 5) is 3.25. The van der Waals surface area contributed by atoms with Crippen LogP contribution in [0.2, 0.25) is 0 Å². The van der Waals surface area contributed by atoms with Gasteiger partial charge in [-0.1, -0.05) is 15.9 Å². The standard InChI is InChI=1S/C8H7BrF3NO/c9-1-5-4(3-14)2-13-7(6(5)10)8(11)12/h2,8,14H,1,3H2. The van der Waals surface area contributed by atoms with E-state index in [-0.39, 0.29) is 16.5 Å². The van der Waals surface area contributed by atoms with Crippen LogP contribution in [0, 0.1) is 5.82 Å². The number of hydrogen-bond acceptors (Lipinski definition) is 2. The van der Waals surface area contributed by atoms with Crippen LogP contribution in [0.1, 0.15) is 23.2 Å². The minimum absolute atomic E-state index is 0.0257. The third-order valence-corrected chi connectivity index (χ3v) is 2.31. The van der Waals surface area contributed by atoms with Crippen molar-refractivity contribution in [3.8, 4) is 0 Å². The normalized spacial score (nSPS) is 11.0. The Bertz CT molecular complexity index is 333. The molecule has 0 amide bonds. The van der Waals surface area contributed by atoms with Gasteiger partial charge < -0.3 is 5.11 Å². The summed E-state index contributed by atoms with van der Waals surface area (Å²) in [6.45, 7) is -0.422. The maximum Gasteiger partial charge on any atom is 0.283 e. The van der Waals surface area contributed by atoms with Gasteiger partial charge in [-0.25, -0.2) is 13.2 Å². The van der Waals surface area contributed by atoms with Crippen LogP contribution in [0.4, 0.5) is 13.2 Å². The molecule has 0 aliphatic carbocycles. The second-order valence-electron chi connectivity index (χ2n) is 2.55. The van der Waals surface area contributed by atoms with Crippen LogP contribution in [0.15, 0.2) is 6.20 Å². The van der Waals surface area contributed by atoms with E-state index in [1.54, 1.807) is 0 Å². The van der Waals surface area contributed by atoms with Gasteiger partial charge in [0.05, 0.1) is 6.61 Å². The molecule has 0 aliphatic heterocycles. The summed E-state index contributed by atoms with van der Waals surface area (Å²) in [6, 6.07) is 0. The summed E-state index contributed by atoms with van der Waals surface area (Å²) in [5.74, 6) is -1.05. The van der Waals surface area contributed by atoms with Crippen LogP contribution in [0.25, 0.3) is 0 Å². The van der Waals surface area contributed by atoms with Gasteiger partial charge in [0, 0.05) is 22.7 Å². The largest absolute Gasteiger partial charge is 0.392 e. The Morgan fingerprint density at radius 3 is 2.57 bits per heavy atom. The van der Waals surface area contributed by atoms with Crippen molar-refractivity contribution in [2.45, 2.75) is 18.4 Å². The van der Waals surface area contributed by atoms with Crippen LogP contribution in [-0.2, 0) is 11.9 Å². The molecule has 0 fully saturated rings. The molecule has 78 valence electrons. The molecule has 0 atom stereocenters. The van der Waals surface area contributed by atoms with Crippen molar-refractivity contribution in [3.05, 3.63) is 28.8 Å². The minimum atomic E-state index is -2.94. The van der Waals surface area contributed by atoms with Crippen LogP contribution < -0.4 is 0 Å². The first kappa shape index (κ1) is 11.5. The Kier molecular flexibility index (Phi) is 3.88. The molecule has 0 saturated heterocycles. The van der Waals surface area contributed by atoms with Crippen LogP contribution >= 0.6 is 15.9 Å². The fraction of sp³-hybridized carbons (Fsp3) is 0.375. The van der Waals surface area contributed by atoms with Crippen molar-refractivity contribution < 1.29 is 18.3 Å². The van der Waals surface area contributed by atoms with Crippen molar-refractivity contribution in [1.29, 1.82) is 0 Å². The Hall–Kier alpha value is -0.620. The molecular weight excluding hydrogens is 263 g/mol.